The van der Waals surface area contributed by atoms with Crippen LogP contribution >= 0.6 is 0 Å². The summed E-state index contributed by atoms with van der Waals surface area (Å²) < 4.78 is 41.2. The molecule has 0 spiro atoms. The minimum absolute atomic E-state index is 0.0917. The second-order valence-corrected chi connectivity index (χ2v) is 28.1. The maximum Gasteiger partial charge on any atom is 0.167 e. The van der Waals surface area contributed by atoms with Crippen LogP contribution in [0.3, 0.4) is 0 Å². The first kappa shape index (κ1) is 34.3. The zero-order valence-corrected chi connectivity index (χ0v) is 31.1. The molecule has 250 valence electrons. The Morgan fingerprint density at radius 3 is 2.20 bits per heavy atom. The average Bonchev–Trinajstić information content (AvgIpc) is 3.62. The quantitative estimate of drug-likeness (QED) is 0.0949. The van der Waals surface area contributed by atoms with Crippen molar-refractivity contribution in [3.05, 3.63) is 55.0 Å². The molecule has 1 saturated heterocycles. The van der Waals surface area contributed by atoms with Gasteiger partial charge in [-0.05, 0) is 31.1 Å². The van der Waals surface area contributed by atoms with Gasteiger partial charge in [-0.25, -0.2) is 18.1 Å². The molecule has 0 aliphatic carbocycles. The number of fused-ring (bicyclic) bond motifs is 1. The summed E-state index contributed by atoms with van der Waals surface area (Å²) in [6, 6.07) is 13.9. The van der Waals surface area contributed by atoms with Gasteiger partial charge in [-0.2, -0.15) is 14.7 Å². The Morgan fingerprint density at radius 1 is 0.935 bits per heavy atom. The van der Waals surface area contributed by atoms with E-state index in [1.54, 1.807) is 0 Å². The standard InChI is InChI=1S/C32H49N7O4SSi2/c1-26-23-44(40,41)16-13-37(26)30-19-31(36(24-42-14-17-45(2,3)4)25-43-15-18-46(5,6)7)39-32(35-30)29(21-34-39)27-20-33-38(22-27)28-11-9-8-10-12-28/h8-12,19-22,26H,13-18,23-25H2,1-7H3. The Balaban J connectivity index is 1.55. The second-order valence-electron chi connectivity index (χ2n) is 14.7. The molecule has 1 aliphatic heterocycles. The highest BCUT2D eigenvalue weighted by atomic mass is 32.2. The summed E-state index contributed by atoms with van der Waals surface area (Å²) in [7, 11) is -5.65. The van der Waals surface area contributed by atoms with E-state index in [2.05, 4.69) is 54.2 Å². The van der Waals surface area contributed by atoms with E-state index in [4.69, 9.17) is 19.6 Å². The van der Waals surface area contributed by atoms with Crippen molar-refractivity contribution in [1.29, 1.82) is 0 Å². The SMILES string of the molecule is CC1CS(=O)(=O)CCN1c1cc(N(COCC[Si](C)(C)C)COCC[Si](C)(C)C)n2ncc(-c3cnn(-c4ccccc4)c3)c2n1. The highest BCUT2D eigenvalue weighted by Gasteiger charge is 2.31. The van der Waals surface area contributed by atoms with Gasteiger partial charge in [0.25, 0.3) is 0 Å². The first-order valence-electron chi connectivity index (χ1n) is 16.1. The van der Waals surface area contributed by atoms with E-state index >= 15 is 0 Å². The van der Waals surface area contributed by atoms with Gasteiger partial charge in [0.05, 0.1) is 29.6 Å². The Kier molecular flexibility index (Phi) is 10.4. The van der Waals surface area contributed by atoms with Crippen LogP contribution in [0.2, 0.25) is 51.4 Å². The molecular formula is C32H49N7O4SSi2. The lowest BCUT2D eigenvalue weighted by atomic mass is 10.2. The van der Waals surface area contributed by atoms with Gasteiger partial charge in [0.15, 0.2) is 15.5 Å². The van der Waals surface area contributed by atoms with Gasteiger partial charge in [0, 0.05) is 65.3 Å². The number of ether oxygens (including phenoxy) is 2. The number of benzene rings is 1. The summed E-state index contributed by atoms with van der Waals surface area (Å²) in [5, 5.41) is 9.44. The Bertz CT molecular complexity index is 1690. The van der Waals surface area contributed by atoms with Crippen LogP contribution in [0.15, 0.2) is 55.0 Å². The molecule has 1 aromatic carbocycles. The number of sulfone groups is 1. The fraction of sp³-hybridized carbons (Fsp3) is 0.531. The highest BCUT2D eigenvalue weighted by molar-refractivity contribution is 7.91. The van der Waals surface area contributed by atoms with Gasteiger partial charge in [-0.1, -0.05) is 57.5 Å². The molecule has 1 atom stereocenters. The summed E-state index contributed by atoms with van der Waals surface area (Å²) in [6.45, 7) is 18.4. The summed E-state index contributed by atoms with van der Waals surface area (Å²) in [6.07, 6.45) is 5.63. The van der Waals surface area contributed by atoms with Crippen LogP contribution < -0.4 is 9.80 Å². The number of anilines is 2. The van der Waals surface area contributed by atoms with E-state index < -0.39 is 26.0 Å². The van der Waals surface area contributed by atoms with Crippen molar-refractivity contribution in [3.63, 3.8) is 0 Å². The van der Waals surface area contributed by atoms with Crippen molar-refractivity contribution in [3.8, 4) is 16.8 Å². The molecule has 0 bridgehead atoms. The number of nitrogens with zero attached hydrogens (tertiary/aromatic N) is 7. The number of aromatic nitrogens is 5. The summed E-state index contributed by atoms with van der Waals surface area (Å²) in [5.41, 5.74) is 3.34. The Hall–Kier alpha value is -3.05. The first-order valence-corrected chi connectivity index (χ1v) is 25.3. The number of hydrogen-bond donors (Lipinski definition) is 0. The minimum Gasteiger partial charge on any atom is -0.361 e. The number of hydrogen-bond acceptors (Lipinski definition) is 9. The average molecular weight is 684 g/mol. The molecule has 0 N–H and O–H groups in total. The minimum atomic E-state index is -3.10. The molecule has 0 radical (unpaired) electrons. The van der Waals surface area contributed by atoms with E-state index in [9.17, 15) is 8.42 Å². The van der Waals surface area contributed by atoms with Crippen LogP contribution in [0, 0.1) is 0 Å². The van der Waals surface area contributed by atoms with Crippen LogP contribution in [-0.4, -0.2) is 99.7 Å². The van der Waals surface area contributed by atoms with Crippen LogP contribution in [0.1, 0.15) is 6.92 Å². The Labute approximate surface area is 275 Å². The molecule has 1 unspecified atom stereocenters. The molecule has 4 aromatic rings. The number of para-hydroxylation sites is 1. The fourth-order valence-corrected chi connectivity index (χ4v) is 8.38. The second kappa shape index (κ2) is 14.0. The smallest absolute Gasteiger partial charge is 0.167 e. The zero-order valence-electron chi connectivity index (χ0n) is 28.3. The van der Waals surface area contributed by atoms with Crippen molar-refractivity contribution in [1.82, 2.24) is 24.4 Å². The highest BCUT2D eigenvalue weighted by Crippen LogP contribution is 2.32. The maximum atomic E-state index is 12.5. The van der Waals surface area contributed by atoms with Gasteiger partial charge in [-0.15, -0.1) is 0 Å². The van der Waals surface area contributed by atoms with Gasteiger partial charge >= 0.3 is 0 Å². The molecule has 0 saturated carbocycles. The Morgan fingerprint density at radius 2 is 1.59 bits per heavy atom. The van der Waals surface area contributed by atoms with Gasteiger partial charge in [-0.3, -0.25) is 0 Å². The predicted octanol–water partition coefficient (Wildman–Crippen LogP) is 5.64. The topological polar surface area (TPSA) is 107 Å². The molecule has 46 heavy (non-hydrogen) atoms. The molecule has 5 rings (SSSR count). The largest absolute Gasteiger partial charge is 0.361 e. The summed E-state index contributed by atoms with van der Waals surface area (Å²) in [5.74, 6) is 1.67. The third-order valence-corrected chi connectivity index (χ3v) is 13.3. The van der Waals surface area contributed by atoms with Crippen molar-refractivity contribution in [2.45, 2.75) is 64.3 Å². The van der Waals surface area contributed by atoms with E-state index in [0.29, 0.717) is 44.7 Å². The molecule has 14 heteroatoms. The third kappa shape index (κ3) is 8.85. The molecule has 1 aliphatic rings. The van der Waals surface area contributed by atoms with E-state index in [0.717, 1.165) is 34.7 Å². The van der Waals surface area contributed by atoms with Gasteiger partial charge < -0.3 is 19.3 Å². The van der Waals surface area contributed by atoms with Crippen LogP contribution in [0.25, 0.3) is 22.5 Å². The van der Waals surface area contributed by atoms with Crippen molar-refractivity contribution in [2.75, 3.05) is 54.5 Å². The monoisotopic (exact) mass is 683 g/mol. The summed E-state index contributed by atoms with van der Waals surface area (Å²) in [4.78, 5) is 9.27. The van der Waals surface area contributed by atoms with E-state index in [1.807, 2.05) is 71.1 Å². The fourth-order valence-electron chi connectivity index (χ4n) is 5.31. The van der Waals surface area contributed by atoms with Crippen LogP contribution in [-0.2, 0) is 19.3 Å². The first-order chi connectivity index (χ1) is 21.7. The lowest BCUT2D eigenvalue weighted by molar-refractivity contribution is 0.0942. The van der Waals surface area contributed by atoms with E-state index in [-0.39, 0.29) is 17.5 Å². The van der Waals surface area contributed by atoms with Crippen LogP contribution in [0.5, 0.6) is 0 Å². The molecule has 3 aromatic heterocycles. The third-order valence-electron chi connectivity index (χ3n) is 8.13. The lowest BCUT2D eigenvalue weighted by Crippen LogP contribution is -2.47. The molecule has 1 fully saturated rings. The number of rotatable bonds is 14. The van der Waals surface area contributed by atoms with Gasteiger partial charge in [0.2, 0.25) is 0 Å². The maximum absolute atomic E-state index is 12.5. The van der Waals surface area contributed by atoms with Crippen LogP contribution in [0.4, 0.5) is 11.6 Å². The predicted molar refractivity (Wildman–Crippen MR) is 191 cm³/mol. The lowest BCUT2D eigenvalue weighted by Gasteiger charge is -2.35. The molecule has 0 amide bonds. The van der Waals surface area contributed by atoms with Gasteiger partial charge in [0.1, 0.15) is 25.1 Å². The molecule has 11 nitrogen and oxygen atoms in total. The van der Waals surface area contributed by atoms with Crippen molar-refractivity contribution in [2.24, 2.45) is 0 Å². The summed E-state index contributed by atoms with van der Waals surface area (Å²) >= 11 is 0. The van der Waals surface area contributed by atoms with Crippen molar-refractivity contribution < 1.29 is 17.9 Å². The zero-order chi connectivity index (χ0) is 33.1. The molecule has 4 heterocycles. The van der Waals surface area contributed by atoms with Crippen molar-refractivity contribution >= 4 is 43.3 Å². The molecular weight excluding hydrogens is 635 g/mol. The normalized spacial score (nSPS) is 17.1. The van der Waals surface area contributed by atoms with E-state index in [1.165, 1.54) is 0 Å².